The molecule has 1 atom stereocenters. The van der Waals surface area contributed by atoms with Crippen LogP contribution < -0.4 is 11.3 Å². The lowest BCUT2D eigenvalue weighted by Gasteiger charge is -2.26. The highest BCUT2D eigenvalue weighted by Crippen LogP contribution is 2.37. The molecule has 0 aliphatic heterocycles. The van der Waals surface area contributed by atoms with Crippen molar-refractivity contribution < 1.29 is 0 Å². The molecule has 3 N–H and O–H groups in total. The molecule has 21 heavy (non-hydrogen) atoms. The van der Waals surface area contributed by atoms with Crippen LogP contribution in [0.5, 0.6) is 0 Å². The number of benzene rings is 2. The smallest absolute Gasteiger partial charge is 0.0710 e. The van der Waals surface area contributed by atoms with Crippen LogP contribution in [0.4, 0.5) is 0 Å². The van der Waals surface area contributed by atoms with E-state index in [0.717, 1.165) is 22.1 Å². The van der Waals surface area contributed by atoms with Crippen molar-refractivity contribution in [2.24, 2.45) is 5.84 Å². The lowest BCUT2D eigenvalue weighted by atomic mass is 9.79. The predicted molar refractivity (Wildman–Crippen MR) is 88.4 cm³/mol. The van der Waals surface area contributed by atoms with E-state index in [1.54, 1.807) is 0 Å². The second-order valence-electron chi connectivity index (χ2n) is 5.90. The Labute approximate surface area is 131 Å². The maximum Gasteiger partial charge on any atom is 0.0710 e. The van der Waals surface area contributed by atoms with Crippen LogP contribution in [0.2, 0.25) is 5.02 Å². The quantitative estimate of drug-likeness (QED) is 0.646. The highest BCUT2D eigenvalue weighted by Gasteiger charge is 2.20. The number of halogens is 1. The van der Waals surface area contributed by atoms with E-state index in [1.807, 2.05) is 19.1 Å². The monoisotopic (exact) mass is 300 g/mol. The Morgan fingerprint density at radius 3 is 2.29 bits per heavy atom. The van der Waals surface area contributed by atoms with Crippen molar-refractivity contribution >= 4 is 11.6 Å². The second-order valence-corrected chi connectivity index (χ2v) is 6.31. The van der Waals surface area contributed by atoms with Crippen molar-refractivity contribution in [2.75, 3.05) is 0 Å². The van der Waals surface area contributed by atoms with Gasteiger partial charge in [-0.3, -0.25) is 5.84 Å². The van der Waals surface area contributed by atoms with Crippen molar-refractivity contribution in [2.45, 2.75) is 38.1 Å². The minimum atomic E-state index is -0.0291. The van der Waals surface area contributed by atoms with Gasteiger partial charge < -0.3 is 0 Å². The van der Waals surface area contributed by atoms with Crippen LogP contribution in [0.1, 0.15) is 53.5 Å². The number of hydrazine groups is 1. The van der Waals surface area contributed by atoms with E-state index in [2.05, 4.69) is 35.8 Å². The van der Waals surface area contributed by atoms with Crippen LogP contribution in [0.15, 0.2) is 42.5 Å². The van der Waals surface area contributed by atoms with Gasteiger partial charge in [0.05, 0.1) is 6.04 Å². The first-order valence-electron chi connectivity index (χ1n) is 7.51. The maximum absolute atomic E-state index is 6.23. The van der Waals surface area contributed by atoms with Crippen molar-refractivity contribution in [3.8, 4) is 0 Å². The fourth-order valence-electron chi connectivity index (χ4n) is 2.88. The molecule has 0 saturated heterocycles. The van der Waals surface area contributed by atoms with Gasteiger partial charge in [0.15, 0.2) is 0 Å². The number of rotatable bonds is 4. The van der Waals surface area contributed by atoms with E-state index in [1.165, 1.54) is 30.4 Å². The Morgan fingerprint density at radius 2 is 1.76 bits per heavy atom. The zero-order chi connectivity index (χ0) is 14.8. The van der Waals surface area contributed by atoms with Crippen LogP contribution in [0.25, 0.3) is 0 Å². The zero-order valence-corrected chi connectivity index (χ0v) is 13.0. The first-order valence-corrected chi connectivity index (χ1v) is 7.89. The SMILES string of the molecule is Cc1ccc(C(NN)c2ccc(C3CCC3)cc2)cc1Cl. The van der Waals surface area contributed by atoms with Crippen molar-refractivity contribution in [3.05, 3.63) is 69.7 Å². The highest BCUT2D eigenvalue weighted by atomic mass is 35.5. The molecule has 3 heteroatoms. The summed E-state index contributed by atoms with van der Waals surface area (Å²) in [6.07, 6.45) is 4.01. The molecular formula is C18H21ClN2. The minimum absolute atomic E-state index is 0.0291. The molecule has 1 aliphatic rings. The number of aryl methyl sites for hydroxylation is 1. The molecule has 2 aromatic rings. The molecule has 1 saturated carbocycles. The average Bonchev–Trinajstić information content (AvgIpc) is 2.43. The van der Waals surface area contributed by atoms with Crippen LogP contribution in [-0.2, 0) is 0 Å². The number of nitrogens with one attached hydrogen (secondary N) is 1. The average molecular weight is 301 g/mol. The number of hydrogen-bond acceptors (Lipinski definition) is 2. The largest absolute Gasteiger partial charge is 0.271 e. The van der Waals surface area contributed by atoms with Crippen molar-refractivity contribution in [1.82, 2.24) is 5.43 Å². The standard InChI is InChI=1S/C18H21ClN2/c1-12-5-6-16(11-17(12)19)18(21-20)15-9-7-14(8-10-15)13-3-2-4-13/h5-11,13,18,21H,2-4,20H2,1H3. The van der Waals surface area contributed by atoms with Gasteiger partial charge >= 0.3 is 0 Å². The number of hydrogen-bond donors (Lipinski definition) is 2. The van der Waals surface area contributed by atoms with Crippen LogP contribution >= 0.6 is 11.6 Å². The molecule has 1 aliphatic carbocycles. The van der Waals surface area contributed by atoms with Gasteiger partial charge in [-0.15, -0.1) is 0 Å². The van der Waals surface area contributed by atoms with Crippen LogP contribution in [0.3, 0.4) is 0 Å². The zero-order valence-electron chi connectivity index (χ0n) is 12.3. The molecule has 0 amide bonds. The normalized spacial score (nSPS) is 16.5. The summed E-state index contributed by atoms with van der Waals surface area (Å²) in [5.74, 6) is 6.53. The third-order valence-corrected chi connectivity index (χ3v) is 4.95. The summed E-state index contributed by atoms with van der Waals surface area (Å²) in [5, 5.41) is 0.777. The third kappa shape index (κ3) is 2.98. The highest BCUT2D eigenvalue weighted by molar-refractivity contribution is 6.31. The Morgan fingerprint density at radius 1 is 1.10 bits per heavy atom. The van der Waals surface area contributed by atoms with E-state index < -0.39 is 0 Å². The van der Waals surface area contributed by atoms with Crippen LogP contribution in [0, 0.1) is 6.92 Å². The lowest BCUT2D eigenvalue weighted by molar-refractivity contribution is 0.419. The third-order valence-electron chi connectivity index (χ3n) is 4.54. The molecule has 0 radical (unpaired) electrons. The Kier molecular flexibility index (Phi) is 4.29. The molecular weight excluding hydrogens is 280 g/mol. The summed E-state index contributed by atoms with van der Waals surface area (Å²) < 4.78 is 0. The topological polar surface area (TPSA) is 38.0 Å². The summed E-state index contributed by atoms with van der Waals surface area (Å²) in [6, 6.07) is 14.9. The van der Waals surface area contributed by atoms with Crippen molar-refractivity contribution in [3.63, 3.8) is 0 Å². The minimum Gasteiger partial charge on any atom is -0.271 e. The van der Waals surface area contributed by atoms with Crippen LogP contribution in [-0.4, -0.2) is 0 Å². The lowest BCUT2D eigenvalue weighted by Crippen LogP contribution is -2.28. The van der Waals surface area contributed by atoms with E-state index in [0.29, 0.717) is 0 Å². The van der Waals surface area contributed by atoms with Gasteiger partial charge in [-0.1, -0.05) is 54.4 Å². The van der Waals surface area contributed by atoms with Gasteiger partial charge in [0.25, 0.3) is 0 Å². The molecule has 3 rings (SSSR count). The summed E-state index contributed by atoms with van der Waals surface area (Å²) in [5.41, 5.74) is 7.68. The molecule has 0 bridgehead atoms. The summed E-state index contributed by atoms with van der Waals surface area (Å²) >= 11 is 6.23. The van der Waals surface area contributed by atoms with Gasteiger partial charge in [-0.05, 0) is 54.0 Å². The second kappa shape index (κ2) is 6.18. The van der Waals surface area contributed by atoms with Gasteiger partial charge in [0.1, 0.15) is 0 Å². The summed E-state index contributed by atoms with van der Waals surface area (Å²) in [4.78, 5) is 0. The summed E-state index contributed by atoms with van der Waals surface area (Å²) in [6.45, 7) is 2.00. The van der Waals surface area contributed by atoms with Crippen molar-refractivity contribution in [1.29, 1.82) is 0 Å². The van der Waals surface area contributed by atoms with Gasteiger partial charge in [0, 0.05) is 5.02 Å². The molecule has 0 aromatic heterocycles. The fraction of sp³-hybridized carbons (Fsp3) is 0.333. The number of nitrogens with two attached hydrogens (primary N) is 1. The first-order chi connectivity index (χ1) is 10.2. The van der Waals surface area contributed by atoms with E-state index in [-0.39, 0.29) is 6.04 Å². The summed E-state index contributed by atoms with van der Waals surface area (Å²) in [7, 11) is 0. The fourth-order valence-corrected chi connectivity index (χ4v) is 3.06. The molecule has 2 nitrogen and oxygen atoms in total. The van der Waals surface area contributed by atoms with E-state index >= 15 is 0 Å². The predicted octanol–water partition coefficient (Wildman–Crippen LogP) is 4.47. The first kappa shape index (κ1) is 14.6. The van der Waals surface area contributed by atoms with Gasteiger partial charge in [0.2, 0.25) is 0 Å². The molecule has 0 spiro atoms. The van der Waals surface area contributed by atoms with Gasteiger partial charge in [-0.25, -0.2) is 5.43 Å². The maximum atomic E-state index is 6.23. The molecule has 2 aromatic carbocycles. The van der Waals surface area contributed by atoms with Gasteiger partial charge in [-0.2, -0.15) is 0 Å². The van der Waals surface area contributed by atoms with E-state index in [4.69, 9.17) is 17.4 Å². The Balaban J connectivity index is 1.86. The molecule has 0 heterocycles. The Bertz CT molecular complexity index is 618. The molecule has 1 fully saturated rings. The Hall–Kier alpha value is -1.35. The molecule has 110 valence electrons. The molecule has 1 unspecified atom stereocenters. The van der Waals surface area contributed by atoms with E-state index in [9.17, 15) is 0 Å².